The monoisotopic (exact) mass is 483 g/mol. The molecule has 2 N–H and O–H groups in total. The van der Waals surface area contributed by atoms with Crippen molar-refractivity contribution in [1.82, 2.24) is 20.2 Å². The molecule has 9 heteroatoms. The van der Waals surface area contributed by atoms with Crippen molar-refractivity contribution in [3.63, 3.8) is 0 Å². The van der Waals surface area contributed by atoms with E-state index in [9.17, 15) is 18.0 Å². The largest absolute Gasteiger partial charge is 0.413 e. The molecule has 2 aromatic heterocycles. The summed E-state index contributed by atoms with van der Waals surface area (Å²) in [4.78, 5) is 22.7. The lowest BCUT2D eigenvalue weighted by atomic mass is 9.96. The molecule has 5 rings (SSSR count). The first-order valence-corrected chi connectivity index (χ1v) is 12.0. The Morgan fingerprint density at radius 2 is 1.91 bits per heavy atom. The predicted octanol–water partition coefficient (Wildman–Crippen LogP) is 5.31. The number of amides is 1. The molecule has 6 nitrogen and oxygen atoms in total. The number of aromatic nitrogens is 2. The van der Waals surface area contributed by atoms with Gasteiger partial charge < -0.3 is 15.5 Å². The second-order valence-corrected chi connectivity index (χ2v) is 9.41. The van der Waals surface area contributed by atoms with E-state index in [1.54, 1.807) is 24.5 Å². The van der Waals surface area contributed by atoms with Crippen molar-refractivity contribution in [2.24, 2.45) is 5.92 Å². The van der Waals surface area contributed by atoms with Gasteiger partial charge in [-0.25, -0.2) is 0 Å². The average molecular weight is 484 g/mol. The van der Waals surface area contributed by atoms with Crippen molar-refractivity contribution in [3.8, 4) is 0 Å². The summed E-state index contributed by atoms with van der Waals surface area (Å²) >= 11 is 0. The molecular weight excluding hydrogens is 455 g/mol. The number of pyridine rings is 2. The van der Waals surface area contributed by atoms with Crippen LogP contribution in [0.15, 0.2) is 48.8 Å². The average Bonchev–Trinajstić information content (AvgIpc) is 3.69. The van der Waals surface area contributed by atoms with Gasteiger partial charge in [-0.2, -0.15) is 13.2 Å². The normalized spacial score (nSPS) is 19.4. The van der Waals surface area contributed by atoms with E-state index in [4.69, 9.17) is 0 Å². The van der Waals surface area contributed by atoms with Gasteiger partial charge in [0.15, 0.2) is 6.04 Å². The summed E-state index contributed by atoms with van der Waals surface area (Å²) in [6.45, 7) is 1.20. The highest BCUT2D eigenvalue weighted by Gasteiger charge is 2.46. The first kappa shape index (κ1) is 23.5. The summed E-state index contributed by atoms with van der Waals surface area (Å²) in [5.74, 6) is -0.513. The van der Waals surface area contributed by atoms with Gasteiger partial charge in [-0.05, 0) is 68.0 Å². The van der Waals surface area contributed by atoms with E-state index in [1.165, 1.54) is 19.2 Å². The van der Waals surface area contributed by atoms with E-state index < -0.39 is 24.0 Å². The molecule has 1 aliphatic carbocycles. The Balaban J connectivity index is 1.39. The van der Waals surface area contributed by atoms with Gasteiger partial charge in [0, 0.05) is 31.0 Å². The lowest BCUT2D eigenvalue weighted by molar-refractivity contribution is -0.190. The third-order valence-electron chi connectivity index (χ3n) is 6.85. The fourth-order valence-corrected chi connectivity index (χ4v) is 4.94. The molecule has 1 aliphatic heterocycles. The van der Waals surface area contributed by atoms with Gasteiger partial charge >= 0.3 is 6.18 Å². The van der Waals surface area contributed by atoms with E-state index in [0.29, 0.717) is 24.6 Å². The molecule has 1 saturated heterocycles. The van der Waals surface area contributed by atoms with E-state index in [-0.39, 0.29) is 5.56 Å². The number of nitrogens with one attached hydrogen (secondary N) is 2. The Hall–Kier alpha value is -3.20. The van der Waals surface area contributed by atoms with Crippen LogP contribution in [-0.2, 0) is 4.79 Å². The Morgan fingerprint density at radius 3 is 2.57 bits per heavy atom. The fraction of sp³-hybridized carbons (Fsp3) is 0.423. The third-order valence-corrected chi connectivity index (χ3v) is 6.85. The molecule has 2 atom stereocenters. The highest BCUT2D eigenvalue weighted by molar-refractivity contribution is 5.85. The molecule has 3 heterocycles. The van der Waals surface area contributed by atoms with Gasteiger partial charge in [0.2, 0.25) is 5.91 Å². The third kappa shape index (κ3) is 4.96. The summed E-state index contributed by atoms with van der Waals surface area (Å²) in [5.41, 5.74) is 4.27. The second kappa shape index (κ2) is 9.45. The zero-order chi connectivity index (χ0) is 24.6. The van der Waals surface area contributed by atoms with Gasteiger partial charge in [-0.15, -0.1) is 0 Å². The minimum absolute atomic E-state index is 0.0309. The number of alkyl halides is 3. The number of piperidine rings is 1. The van der Waals surface area contributed by atoms with Crippen LogP contribution in [0.2, 0.25) is 0 Å². The van der Waals surface area contributed by atoms with E-state index >= 15 is 0 Å². The molecular formula is C26H28F3N5O. The zero-order valence-electron chi connectivity index (χ0n) is 19.5. The van der Waals surface area contributed by atoms with Crippen molar-refractivity contribution in [3.05, 3.63) is 59.9 Å². The molecule has 1 unspecified atom stereocenters. The number of carbonyl (C=O) groups is 1. The van der Waals surface area contributed by atoms with Gasteiger partial charge in [0.1, 0.15) is 0 Å². The van der Waals surface area contributed by atoms with Crippen LogP contribution in [0.4, 0.5) is 24.5 Å². The summed E-state index contributed by atoms with van der Waals surface area (Å²) in [5, 5.41) is 6.42. The molecule has 0 bridgehead atoms. The zero-order valence-corrected chi connectivity index (χ0v) is 19.5. The number of benzene rings is 1. The minimum Gasteiger partial charge on any atom is -0.354 e. The Morgan fingerprint density at radius 1 is 1.14 bits per heavy atom. The van der Waals surface area contributed by atoms with Crippen LogP contribution < -0.4 is 10.6 Å². The van der Waals surface area contributed by atoms with Crippen molar-refractivity contribution in [2.45, 2.75) is 43.8 Å². The quantitative estimate of drug-likeness (QED) is 0.497. The number of nitrogens with zero attached hydrogens (tertiary/aromatic N) is 3. The Bertz CT molecular complexity index is 1200. The number of carbonyl (C=O) groups excluding carboxylic acids is 1. The molecule has 1 aromatic carbocycles. The van der Waals surface area contributed by atoms with Crippen LogP contribution in [0.5, 0.6) is 0 Å². The van der Waals surface area contributed by atoms with Crippen molar-refractivity contribution in [1.29, 1.82) is 0 Å². The van der Waals surface area contributed by atoms with Gasteiger partial charge in [-0.1, -0.05) is 12.1 Å². The maximum absolute atomic E-state index is 14.1. The van der Waals surface area contributed by atoms with Crippen LogP contribution in [0, 0.1) is 5.92 Å². The number of halogens is 3. The topological polar surface area (TPSA) is 70.2 Å². The first-order chi connectivity index (χ1) is 16.8. The molecule has 2 fully saturated rings. The Labute approximate surface area is 201 Å². The molecule has 0 spiro atoms. The van der Waals surface area contributed by atoms with Crippen LogP contribution in [0.3, 0.4) is 0 Å². The summed E-state index contributed by atoms with van der Waals surface area (Å²) in [7, 11) is 1.25. The number of rotatable bonds is 6. The molecule has 0 radical (unpaired) electrons. The summed E-state index contributed by atoms with van der Waals surface area (Å²) in [6, 6.07) is 7.88. The highest BCUT2D eigenvalue weighted by atomic mass is 19.4. The maximum atomic E-state index is 14.1. The lowest BCUT2D eigenvalue weighted by Crippen LogP contribution is -2.46. The molecule has 1 saturated carbocycles. The van der Waals surface area contributed by atoms with E-state index in [1.807, 2.05) is 12.1 Å². The number of anilines is 2. The van der Waals surface area contributed by atoms with Crippen LogP contribution in [0.25, 0.3) is 11.0 Å². The SMILES string of the molecule is CN(C(=O)C1CCCNC1)[C@@H](c1ccc(Nc2cnc3cccnc3c2C2CC2)cc1)C(F)(F)F. The minimum atomic E-state index is -4.59. The van der Waals surface area contributed by atoms with Crippen molar-refractivity contribution in [2.75, 3.05) is 25.5 Å². The number of fused-ring (bicyclic) bond motifs is 1. The first-order valence-electron chi connectivity index (χ1n) is 12.0. The van der Waals surface area contributed by atoms with E-state index in [2.05, 4.69) is 20.6 Å². The highest BCUT2D eigenvalue weighted by Crippen LogP contribution is 2.46. The number of hydrogen-bond donors (Lipinski definition) is 2. The second-order valence-electron chi connectivity index (χ2n) is 9.41. The standard InChI is InChI=1S/C26H28F3N5O/c1-34(25(35)18-4-2-12-30-14-18)24(26(27,28)29)17-8-10-19(11-9-17)33-21-15-32-20-5-3-13-31-23(20)22(21)16-6-7-16/h3,5,8-11,13,15-16,18,24,30,33H,2,4,6-7,12,14H2,1H3/t18?,24-/m0/s1. The van der Waals surface area contributed by atoms with Crippen molar-refractivity contribution >= 4 is 28.3 Å². The maximum Gasteiger partial charge on any atom is 0.413 e. The van der Waals surface area contributed by atoms with Gasteiger partial charge in [-0.3, -0.25) is 14.8 Å². The smallest absolute Gasteiger partial charge is 0.354 e. The van der Waals surface area contributed by atoms with Crippen LogP contribution in [0.1, 0.15) is 48.8 Å². The summed E-state index contributed by atoms with van der Waals surface area (Å²) in [6.07, 6.45) is 2.45. The summed E-state index contributed by atoms with van der Waals surface area (Å²) < 4.78 is 42.3. The van der Waals surface area contributed by atoms with Gasteiger partial charge in [0.25, 0.3) is 0 Å². The number of hydrogen-bond acceptors (Lipinski definition) is 5. The molecule has 3 aromatic rings. The fourth-order valence-electron chi connectivity index (χ4n) is 4.94. The van der Waals surface area contributed by atoms with E-state index in [0.717, 1.165) is 53.0 Å². The molecule has 184 valence electrons. The van der Waals surface area contributed by atoms with Crippen molar-refractivity contribution < 1.29 is 18.0 Å². The lowest BCUT2D eigenvalue weighted by Gasteiger charge is -2.34. The Kier molecular flexibility index (Phi) is 6.35. The predicted molar refractivity (Wildman–Crippen MR) is 128 cm³/mol. The molecule has 2 aliphatic rings. The molecule has 35 heavy (non-hydrogen) atoms. The molecule has 1 amide bonds. The van der Waals surface area contributed by atoms with Crippen LogP contribution >= 0.6 is 0 Å². The van der Waals surface area contributed by atoms with Gasteiger partial charge in [0.05, 0.1) is 28.8 Å². The van der Waals surface area contributed by atoms with Crippen LogP contribution in [-0.4, -0.2) is 47.1 Å².